The van der Waals surface area contributed by atoms with Gasteiger partial charge in [0.05, 0.1) is 38.4 Å². The predicted octanol–water partition coefficient (Wildman–Crippen LogP) is -0.657. The summed E-state index contributed by atoms with van der Waals surface area (Å²) in [7, 11) is 2.85. The summed E-state index contributed by atoms with van der Waals surface area (Å²) >= 11 is 0. The molecular weight excluding hydrogens is 442 g/mol. The summed E-state index contributed by atoms with van der Waals surface area (Å²) in [6, 6.07) is 0. The van der Waals surface area contributed by atoms with Crippen molar-refractivity contribution in [2.24, 2.45) is 0 Å². The molecule has 1 rings (SSSR count). The van der Waals surface area contributed by atoms with Gasteiger partial charge in [0.1, 0.15) is 6.61 Å². The number of hydrogen-bond acceptors (Lipinski definition) is 11. The topological polar surface area (TPSA) is 161 Å². The summed E-state index contributed by atoms with van der Waals surface area (Å²) < 4.78 is 25.2. The van der Waals surface area contributed by atoms with Crippen LogP contribution in [-0.4, -0.2) is 110 Å². The van der Waals surface area contributed by atoms with Crippen LogP contribution in [0.3, 0.4) is 0 Å². The summed E-state index contributed by atoms with van der Waals surface area (Å²) in [5.41, 5.74) is 0. The van der Waals surface area contributed by atoms with Gasteiger partial charge in [-0.3, -0.25) is 19.3 Å². The summed E-state index contributed by atoms with van der Waals surface area (Å²) in [5, 5.41) is 26.3. The van der Waals surface area contributed by atoms with E-state index in [-0.39, 0.29) is 45.5 Å². The van der Waals surface area contributed by atoms with Gasteiger partial charge in [-0.15, -0.1) is 0 Å². The molecule has 33 heavy (non-hydrogen) atoms. The molecule has 0 radical (unpaired) electrons. The number of hydrogen-bond donors (Lipinski definition) is 3. The molecule has 0 saturated carbocycles. The Morgan fingerprint density at radius 3 is 1.76 bits per heavy atom. The third kappa shape index (κ3) is 12.8. The van der Waals surface area contributed by atoms with E-state index in [0.29, 0.717) is 12.8 Å². The Labute approximate surface area is 194 Å². The van der Waals surface area contributed by atoms with Crippen LogP contribution >= 0.6 is 0 Å². The molecule has 0 aliphatic carbocycles. The average molecular weight is 480 g/mol. The molecule has 1 heterocycles. The summed E-state index contributed by atoms with van der Waals surface area (Å²) in [4.78, 5) is 35.2. The van der Waals surface area contributed by atoms with E-state index in [2.05, 4.69) is 0 Å². The van der Waals surface area contributed by atoms with Crippen molar-refractivity contribution in [2.75, 3.05) is 47.2 Å². The number of rotatable bonds is 16. The standard InChI is InChI=1S/C14H21NO7.C7H16O4/c1-3-10(22-14(8-16)20-2)9-21-13(19)6-7-15-11(17)4-5-12(15)18;1-3-6(4-8)11-7(5-9)10-2/h4-5,10,14,16H,3,6-9H2,1-2H3;6-9H,3-5H2,1-2H3. The van der Waals surface area contributed by atoms with Gasteiger partial charge in [-0.05, 0) is 12.8 Å². The van der Waals surface area contributed by atoms with Crippen LogP contribution in [0.15, 0.2) is 12.2 Å². The molecule has 0 spiro atoms. The number of aliphatic hydroxyl groups excluding tert-OH is 3. The SMILES string of the molecule is CCC(CO)OC(CO)OC.CCC(COC(=O)CCN1C(=O)C=CC1=O)OC(CO)OC. The molecule has 1 aliphatic heterocycles. The minimum atomic E-state index is -0.769. The molecule has 0 aromatic carbocycles. The second kappa shape index (κ2) is 18.5. The number of esters is 1. The van der Waals surface area contributed by atoms with Gasteiger partial charge in [-0.25, -0.2) is 0 Å². The summed E-state index contributed by atoms with van der Waals surface area (Å²) in [5.74, 6) is -1.40. The number of amides is 2. The molecule has 1 aliphatic rings. The van der Waals surface area contributed by atoms with E-state index in [4.69, 9.17) is 39.0 Å². The summed E-state index contributed by atoms with van der Waals surface area (Å²) in [6.45, 7) is 3.20. The van der Waals surface area contributed by atoms with Gasteiger partial charge in [0.25, 0.3) is 11.8 Å². The van der Waals surface area contributed by atoms with E-state index < -0.39 is 36.5 Å². The highest BCUT2D eigenvalue weighted by Gasteiger charge is 2.24. The minimum absolute atomic E-state index is 0.00926. The van der Waals surface area contributed by atoms with Crippen LogP contribution in [0.1, 0.15) is 33.1 Å². The monoisotopic (exact) mass is 479 g/mol. The molecule has 3 N–H and O–H groups in total. The molecule has 2 amide bonds. The van der Waals surface area contributed by atoms with Crippen LogP contribution in [0.25, 0.3) is 0 Å². The Hall–Kier alpha value is -1.93. The van der Waals surface area contributed by atoms with Crippen molar-refractivity contribution in [3.8, 4) is 0 Å². The lowest BCUT2D eigenvalue weighted by Crippen LogP contribution is -2.33. The maximum atomic E-state index is 11.6. The molecule has 0 aromatic heterocycles. The van der Waals surface area contributed by atoms with E-state index in [9.17, 15) is 14.4 Å². The van der Waals surface area contributed by atoms with Crippen molar-refractivity contribution >= 4 is 17.8 Å². The highest BCUT2D eigenvalue weighted by atomic mass is 16.7. The number of ether oxygens (including phenoxy) is 5. The fourth-order valence-corrected chi connectivity index (χ4v) is 2.41. The molecule has 4 atom stereocenters. The number of methoxy groups -OCH3 is 2. The highest BCUT2D eigenvalue weighted by Crippen LogP contribution is 2.07. The van der Waals surface area contributed by atoms with Crippen molar-refractivity contribution in [2.45, 2.75) is 57.9 Å². The van der Waals surface area contributed by atoms with Gasteiger partial charge in [0.2, 0.25) is 0 Å². The molecule has 0 bridgehead atoms. The van der Waals surface area contributed by atoms with Crippen molar-refractivity contribution in [3.05, 3.63) is 12.2 Å². The molecule has 12 heteroatoms. The Bertz CT molecular complexity index is 559. The van der Waals surface area contributed by atoms with Crippen LogP contribution in [0.5, 0.6) is 0 Å². The van der Waals surface area contributed by atoms with Gasteiger partial charge in [0, 0.05) is 32.9 Å². The first-order chi connectivity index (χ1) is 15.8. The number of imide groups is 1. The molecule has 12 nitrogen and oxygen atoms in total. The zero-order valence-electron chi connectivity index (χ0n) is 19.7. The lowest BCUT2D eigenvalue weighted by molar-refractivity contribution is -0.188. The number of aliphatic hydroxyl groups is 3. The Morgan fingerprint density at radius 2 is 1.36 bits per heavy atom. The van der Waals surface area contributed by atoms with E-state index in [1.807, 2.05) is 13.8 Å². The third-order valence-electron chi connectivity index (χ3n) is 4.50. The lowest BCUT2D eigenvalue weighted by atomic mass is 10.3. The van der Waals surface area contributed by atoms with Crippen LogP contribution in [0.2, 0.25) is 0 Å². The van der Waals surface area contributed by atoms with E-state index in [0.717, 1.165) is 17.1 Å². The largest absolute Gasteiger partial charge is 0.463 e. The van der Waals surface area contributed by atoms with E-state index in [1.54, 1.807) is 0 Å². The van der Waals surface area contributed by atoms with Gasteiger partial charge in [-0.2, -0.15) is 0 Å². The first kappa shape index (κ1) is 31.1. The van der Waals surface area contributed by atoms with Crippen molar-refractivity contribution in [1.29, 1.82) is 0 Å². The number of carbonyl (C=O) groups is 3. The second-order valence-electron chi connectivity index (χ2n) is 6.81. The van der Waals surface area contributed by atoms with Gasteiger partial charge in [0.15, 0.2) is 12.6 Å². The summed E-state index contributed by atoms with van der Waals surface area (Å²) in [6.07, 6.45) is 1.48. The van der Waals surface area contributed by atoms with Gasteiger partial charge < -0.3 is 39.0 Å². The van der Waals surface area contributed by atoms with Gasteiger partial charge >= 0.3 is 5.97 Å². The normalized spacial score (nSPS) is 16.8. The van der Waals surface area contributed by atoms with Crippen LogP contribution < -0.4 is 0 Å². The minimum Gasteiger partial charge on any atom is -0.463 e. The zero-order chi connectivity index (χ0) is 25.2. The Balaban J connectivity index is 0.000000785. The molecule has 0 fully saturated rings. The fourth-order valence-electron chi connectivity index (χ4n) is 2.41. The molecule has 0 saturated heterocycles. The van der Waals surface area contributed by atoms with Gasteiger partial charge in [-0.1, -0.05) is 13.8 Å². The molecule has 192 valence electrons. The maximum Gasteiger partial charge on any atom is 0.307 e. The molecule has 4 unspecified atom stereocenters. The fraction of sp³-hybridized carbons (Fsp3) is 0.762. The van der Waals surface area contributed by atoms with E-state index in [1.165, 1.54) is 14.2 Å². The van der Waals surface area contributed by atoms with Crippen LogP contribution in [-0.2, 0) is 38.1 Å². The second-order valence-corrected chi connectivity index (χ2v) is 6.81. The smallest absolute Gasteiger partial charge is 0.307 e. The predicted molar refractivity (Wildman–Crippen MR) is 115 cm³/mol. The lowest BCUT2D eigenvalue weighted by Gasteiger charge is -2.21. The highest BCUT2D eigenvalue weighted by molar-refractivity contribution is 6.12. The molecular formula is C21H37NO11. The van der Waals surface area contributed by atoms with Crippen LogP contribution in [0, 0.1) is 0 Å². The third-order valence-corrected chi connectivity index (χ3v) is 4.50. The quantitative estimate of drug-likeness (QED) is 0.146. The van der Waals surface area contributed by atoms with Crippen LogP contribution in [0.4, 0.5) is 0 Å². The maximum absolute atomic E-state index is 11.6. The van der Waals surface area contributed by atoms with Crippen molar-refractivity contribution < 1.29 is 53.4 Å². The Morgan fingerprint density at radius 1 is 0.879 bits per heavy atom. The van der Waals surface area contributed by atoms with E-state index >= 15 is 0 Å². The van der Waals surface area contributed by atoms with Crippen molar-refractivity contribution in [3.63, 3.8) is 0 Å². The first-order valence-electron chi connectivity index (χ1n) is 10.7. The molecule has 0 aromatic rings. The zero-order valence-corrected chi connectivity index (χ0v) is 19.7. The van der Waals surface area contributed by atoms with Crippen molar-refractivity contribution in [1.82, 2.24) is 4.90 Å². The Kier molecular flexibility index (Phi) is 17.4. The number of nitrogens with zero attached hydrogens (tertiary/aromatic N) is 1. The average Bonchev–Trinajstić information content (AvgIpc) is 3.16. The first-order valence-corrected chi connectivity index (χ1v) is 10.7. The number of carbonyl (C=O) groups excluding carboxylic acids is 3.